The Morgan fingerprint density at radius 1 is 1.00 bits per heavy atom. The maximum Gasteiger partial charge on any atom is 0.326 e. The van der Waals surface area contributed by atoms with E-state index in [1.54, 1.807) is 26.0 Å². The number of carboxylic acid groups (broad SMARTS) is 1. The molecule has 29 heavy (non-hydrogen) atoms. The molecule has 3 amide bonds. The Morgan fingerprint density at radius 3 is 2.03 bits per heavy atom. The molecule has 0 aliphatic heterocycles. The molecule has 1 rings (SSSR count). The van der Waals surface area contributed by atoms with Crippen LogP contribution in [0, 0.1) is 5.92 Å². The Morgan fingerprint density at radius 2 is 1.55 bits per heavy atom. The Labute approximate surface area is 168 Å². The number of phenolic OH excluding ortho intramolecular Hbond substituents is 1. The van der Waals surface area contributed by atoms with Gasteiger partial charge in [0.1, 0.15) is 17.8 Å². The van der Waals surface area contributed by atoms with E-state index in [9.17, 15) is 29.4 Å². The van der Waals surface area contributed by atoms with E-state index in [-0.39, 0.29) is 30.9 Å². The van der Waals surface area contributed by atoms with Gasteiger partial charge in [0.05, 0.1) is 6.04 Å². The number of nitrogens with two attached hydrogens (primary N) is 2. The molecule has 0 unspecified atom stereocenters. The molecule has 1 aromatic carbocycles. The molecule has 3 atom stereocenters. The van der Waals surface area contributed by atoms with Crippen molar-refractivity contribution in [1.29, 1.82) is 0 Å². The number of aliphatic carboxylic acids is 1. The molecule has 8 N–H and O–H groups in total. The summed E-state index contributed by atoms with van der Waals surface area (Å²) in [7, 11) is 0. The van der Waals surface area contributed by atoms with Gasteiger partial charge in [-0.2, -0.15) is 0 Å². The van der Waals surface area contributed by atoms with E-state index >= 15 is 0 Å². The molecule has 0 saturated heterocycles. The molecule has 0 aliphatic carbocycles. The molecule has 1 aromatic rings. The fourth-order valence-corrected chi connectivity index (χ4v) is 2.46. The summed E-state index contributed by atoms with van der Waals surface area (Å²) < 4.78 is 0. The van der Waals surface area contributed by atoms with Gasteiger partial charge < -0.3 is 32.3 Å². The van der Waals surface area contributed by atoms with Crippen LogP contribution in [0.4, 0.5) is 0 Å². The van der Waals surface area contributed by atoms with E-state index in [1.807, 2.05) is 0 Å². The van der Waals surface area contributed by atoms with Crippen LogP contribution < -0.4 is 22.1 Å². The van der Waals surface area contributed by atoms with Gasteiger partial charge in [-0.15, -0.1) is 0 Å². The summed E-state index contributed by atoms with van der Waals surface area (Å²) in [5.74, 6) is -3.44. The minimum absolute atomic E-state index is 0.0398. The van der Waals surface area contributed by atoms with E-state index in [1.165, 1.54) is 12.1 Å². The second-order valence-corrected chi connectivity index (χ2v) is 7.11. The van der Waals surface area contributed by atoms with Gasteiger partial charge in [-0.25, -0.2) is 4.79 Å². The van der Waals surface area contributed by atoms with Crippen LogP contribution in [0.5, 0.6) is 5.75 Å². The molecular formula is C19H28N4O6. The highest BCUT2D eigenvalue weighted by atomic mass is 16.4. The van der Waals surface area contributed by atoms with Crippen molar-refractivity contribution in [2.45, 2.75) is 51.2 Å². The third-order valence-corrected chi connectivity index (χ3v) is 4.32. The Balaban J connectivity index is 2.98. The quantitative estimate of drug-likeness (QED) is 0.278. The maximum atomic E-state index is 12.7. The van der Waals surface area contributed by atoms with Gasteiger partial charge in [-0.3, -0.25) is 14.4 Å². The first kappa shape index (κ1) is 23.9. The lowest BCUT2D eigenvalue weighted by atomic mass is 10.0. The zero-order valence-corrected chi connectivity index (χ0v) is 16.4. The fourth-order valence-electron chi connectivity index (χ4n) is 2.46. The van der Waals surface area contributed by atoms with E-state index in [0.717, 1.165) is 0 Å². The van der Waals surface area contributed by atoms with Crippen molar-refractivity contribution in [2.75, 3.05) is 0 Å². The van der Waals surface area contributed by atoms with Gasteiger partial charge in [0, 0.05) is 12.8 Å². The van der Waals surface area contributed by atoms with Gasteiger partial charge in [-0.05, 0) is 30.0 Å². The molecular weight excluding hydrogens is 380 g/mol. The monoisotopic (exact) mass is 408 g/mol. The summed E-state index contributed by atoms with van der Waals surface area (Å²) in [6.45, 7) is 3.51. The highest BCUT2D eigenvalue weighted by Gasteiger charge is 2.29. The van der Waals surface area contributed by atoms with Crippen LogP contribution in [0.2, 0.25) is 0 Å². The van der Waals surface area contributed by atoms with Gasteiger partial charge in [0.15, 0.2) is 0 Å². The largest absolute Gasteiger partial charge is 0.508 e. The van der Waals surface area contributed by atoms with Crippen LogP contribution >= 0.6 is 0 Å². The fraction of sp³-hybridized carbons (Fsp3) is 0.474. The molecule has 0 heterocycles. The number of carboxylic acids is 1. The normalized spacial score (nSPS) is 13.9. The average Bonchev–Trinajstić information content (AvgIpc) is 2.64. The van der Waals surface area contributed by atoms with Crippen molar-refractivity contribution in [2.24, 2.45) is 17.4 Å². The average molecular weight is 408 g/mol. The summed E-state index contributed by atoms with van der Waals surface area (Å²) in [4.78, 5) is 47.4. The molecule has 0 aromatic heterocycles. The molecule has 0 radical (unpaired) electrons. The van der Waals surface area contributed by atoms with Gasteiger partial charge in [-0.1, -0.05) is 26.0 Å². The third-order valence-electron chi connectivity index (χ3n) is 4.32. The maximum absolute atomic E-state index is 12.7. The first-order valence-electron chi connectivity index (χ1n) is 9.16. The standard InChI is InChI=1S/C19H28N4O6/c1-10(2)16(21)18(27)23-14(9-11-3-5-12(24)6-4-11)17(26)22-13(19(28)29)7-8-15(20)25/h3-6,10,13-14,16,24H,7-9,21H2,1-2H3,(H2,20,25)(H,22,26)(H,23,27)(H,28,29)/t13-,14-,16-/m0/s1. The SMILES string of the molecule is CC(C)[C@H](N)C(=O)N[C@@H](Cc1ccc(O)cc1)C(=O)N[C@@H](CCC(N)=O)C(=O)O. The zero-order valence-electron chi connectivity index (χ0n) is 16.4. The number of carbonyl (C=O) groups is 4. The number of hydrogen-bond donors (Lipinski definition) is 6. The van der Waals surface area contributed by atoms with Crippen LogP contribution in [0.15, 0.2) is 24.3 Å². The van der Waals surface area contributed by atoms with Crippen molar-refractivity contribution >= 4 is 23.7 Å². The summed E-state index contributed by atoms with van der Waals surface area (Å²) in [5, 5.41) is 23.5. The number of rotatable bonds is 11. The number of aromatic hydroxyl groups is 1. The van der Waals surface area contributed by atoms with Crippen molar-refractivity contribution in [3.63, 3.8) is 0 Å². The molecule has 0 bridgehead atoms. The minimum Gasteiger partial charge on any atom is -0.508 e. The molecule has 0 aliphatic rings. The summed E-state index contributed by atoms with van der Waals surface area (Å²) >= 11 is 0. The zero-order chi connectivity index (χ0) is 22.1. The third kappa shape index (κ3) is 8.18. The second kappa shape index (κ2) is 11.0. The summed E-state index contributed by atoms with van der Waals surface area (Å²) in [6.07, 6.45) is -0.350. The first-order valence-corrected chi connectivity index (χ1v) is 9.16. The van der Waals surface area contributed by atoms with Gasteiger partial charge in [0.2, 0.25) is 17.7 Å². The lowest BCUT2D eigenvalue weighted by molar-refractivity contribution is -0.142. The van der Waals surface area contributed by atoms with Crippen molar-refractivity contribution in [3.8, 4) is 5.75 Å². The van der Waals surface area contributed by atoms with Gasteiger partial charge >= 0.3 is 5.97 Å². The molecule has 0 saturated carbocycles. The van der Waals surface area contributed by atoms with Crippen molar-refractivity contribution in [1.82, 2.24) is 10.6 Å². The van der Waals surface area contributed by atoms with E-state index in [0.29, 0.717) is 5.56 Å². The minimum atomic E-state index is -1.34. The lowest BCUT2D eigenvalue weighted by Crippen LogP contribution is -2.56. The van der Waals surface area contributed by atoms with E-state index < -0.39 is 41.8 Å². The number of carbonyl (C=O) groups excluding carboxylic acids is 3. The predicted octanol–water partition coefficient (Wildman–Crippen LogP) is -0.762. The lowest BCUT2D eigenvalue weighted by Gasteiger charge is -2.24. The van der Waals surface area contributed by atoms with E-state index in [2.05, 4.69) is 10.6 Å². The Hall–Kier alpha value is -3.14. The molecule has 10 heteroatoms. The van der Waals surface area contributed by atoms with Crippen LogP contribution in [0.3, 0.4) is 0 Å². The number of nitrogens with one attached hydrogen (secondary N) is 2. The van der Waals surface area contributed by atoms with Gasteiger partial charge in [0.25, 0.3) is 0 Å². The number of benzene rings is 1. The predicted molar refractivity (Wildman–Crippen MR) is 105 cm³/mol. The van der Waals surface area contributed by atoms with Crippen LogP contribution in [-0.4, -0.2) is 52.0 Å². The van der Waals surface area contributed by atoms with Crippen molar-refractivity contribution < 1.29 is 29.4 Å². The van der Waals surface area contributed by atoms with Crippen LogP contribution in [0.25, 0.3) is 0 Å². The Kier molecular flexibility index (Phi) is 9.07. The summed E-state index contributed by atoms with van der Waals surface area (Å²) in [6, 6.07) is 2.71. The smallest absolute Gasteiger partial charge is 0.326 e. The topological polar surface area (TPSA) is 185 Å². The highest BCUT2D eigenvalue weighted by Crippen LogP contribution is 2.12. The molecule has 10 nitrogen and oxygen atoms in total. The summed E-state index contributed by atoms with van der Waals surface area (Å²) in [5.41, 5.74) is 11.5. The van der Waals surface area contributed by atoms with Crippen LogP contribution in [0.1, 0.15) is 32.3 Å². The van der Waals surface area contributed by atoms with Crippen LogP contribution in [-0.2, 0) is 25.6 Å². The number of phenols is 1. The number of primary amides is 1. The second-order valence-electron chi connectivity index (χ2n) is 7.11. The van der Waals surface area contributed by atoms with E-state index in [4.69, 9.17) is 11.5 Å². The highest BCUT2D eigenvalue weighted by molar-refractivity contribution is 5.92. The first-order chi connectivity index (χ1) is 13.5. The Bertz CT molecular complexity index is 735. The molecule has 160 valence electrons. The number of hydrogen-bond acceptors (Lipinski definition) is 6. The number of amides is 3. The van der Waals surface area contributed by atoms with Crippen molar-refractivity contribution in [3.05, 3.63) is 29.8 Å². The molecule has 0 spiro atoms. The molecule has 0 fully saturated rings.